The third-order valence-corrected chi connectivity index (χ3v) is 3.52. The molecule has 0 heterocycles. The molecule has 0 atom stereocenters. The molecule has 3 rings (SSSR count). The Morgan fingerprint density at radius 3 is 2.52 bits per heavy atom. The van der Waals surface area contributed by atoms with Gasteiger partial charge < -0.3 is 10.4 Å². The van der Waals surface area contributed by atoms with Gasteiger partial charge >= 0.3 is 0 Å². The van der Waals surface area contributed by atoms with Gasteiger partial charge in [0, 0.05) is 17.0 Å². The van der Waals surface area contributed by atoms with Crippen LogP contribution in [0.3, 0.4) is 0 Å². The molecule has 0 aliphatic heterocycles. The van der Waals surface area contributed by atoms with Crippen LogP contribution in [0.5, 0.6) is 5.75 Å². The first-order valence-corrected chi connectivity index (χ1v) is 7.01. The van der Waals surface area contributed by atoms with Crippen LogP contribution in [0.2, 0.25) is 0 Å². The van der Waals surface area contributed by atoms with Crippen molar-refractivity contribution in [1.82, 2.24) is 5.32 Å². The first-order chi connectivity index (χ1) is 10.1. The molecule has 0 aliphatic carbocycles. The first-order valence-electron chi connectivity index (χ1n) is 7.01. The molecule has 0 saturated heterocycles. The van der Waals surface area contributed by atoms with Crippen LogP contribution < -0.4 is 5.32 Å². The molecule has 0 spiro atoms. The zero-order chi connectivity index (χ0) is 15.0. The molecule has 106 valence electrons. The van der Waals surface area contributed by atoms with Gasteiger partial charge in [0.05, 0.1) is 0 Å². The molecule has 21 heavy (non-hydrogen) atoms. The van der Waals surface area contributed by atoms with Crippen LogP contribution >= 0.6 is 0 Å². The van der Waals surface area contributed by atoms with Gasteiger partial charge in [-0.05, 0) is 42.1 Å². The maximum absolute atomic E-state index is 12.2. The zero-order valence-electron chi connectivity index (χ0n) is 12.1. The first kappa shape index (κ1) is 13.4. The molecule has 0 fully saturated rings. The fourth-order valence-electron chi connectivity index (χ4n) is 2.57. The molecule has 0 bridgehead atoms. The van der Waals surface area contributed by atoms with Crippen LogP contribution in [0.4, 0.5) is 0 Å². The smallest absolute Gasteiger partial charge is 0.251 e. The fraction of sp³-hybridized carbons (Fsp3) is 0.167. The van der Waals surface area contributed by atoms with E-state index in [0.717, 1.165) is 21.5 Å². The molecule has 0 saturated carbocycles. The highest BCUT2D eigenvalue weighted by molar-refractivity contribution is 6.12. The zero-order valence-corrected chi connectivity index (χ0v) is 12.1. The largest absolute Gasteiger partial charge is 0.507 e. The van der Waals surface area contributed by atoms with Crippen LogP contribution in [-0.4, -0.2) is 17.1 Å². The Kier molecular flexibility index (Phi) is 3.26. The van der Waals surface area contributed by atoms with Crippen molar-refractivity contribution in [3.05, 3.63) is 54.1 Å². The van der Waals surface area contributed by atoms with E-state index in [1.807, 2.05) is 56.3 Å². The number of hydrogen-bond donors (Lipinski definition) is 2. The van der Waals surface area contributed by atoms with Gasteiger partial charge in [-0.2, -0.15) is 0 Å². The van der Waals surface area contributed by atoms with E-state index < -0.39 is 0 Å². The van der Waals surface area contributed by atoms with Crippen molar-refractivity contribution in [1.29, 1.82) is 0 Å². The van der Waals surface area contributed by atoms with E-state index in [9.17, 15) is 9.90 Å². The number of amides is 1. The quantitative estimate of drug-likeness (QED) is 0.700. The van der Waals surface area contributed by atoms with Crippen molar-refractivity contribution in [2.45, 2.75) is 19.9 Å². The standard InChI is InChI=1S/C18H17NO2/c1-11(2)19-18(21)13-9-16-14-6-4-3-5-12(14)7-8-15(16)17(20)10-13/h3-11,20H,1-2H3,(H,19,21). The SMILES string of the molecule is CC(C)NC(=O)c1cc(O)c2ccc3ccccc3c2c1. The number of rotatable bonds is 2. The third-order valence-electron chi connectivity index (χ3n) is 3.52. The van der Waals surface area contributed by atoms with Crippen LogP contribution in [0.15, 0.2) is 48.5 Å². The lowest BCUT2D eigenvalue weighted by Crippen LogP contribution is -2.29. The van der Waals surface area contributed by atoms with Crippen LogP contribution in [-0.2, 0) is 0 Å². The maximum atomic E-state index is 12.2. The summed E-state index contributed by atoms with van der Waals surface area (Å²) in [6.07, 6.45) is 0. The number of carbonyl (C=O) groups is 1. The van der Waals surface area contributed by atoms with E-state index in [-0.39, 0.29) is 17.7 Å². The summed E-state index contributed by atoms with van der Waals surface area (Å²) in [6.45, 7) is 3.82. The summed E-state index contributed by atoms with van der Waals surface area (Å²) in [4.78, 5) is 12.2. The third kappa shape index (κ3) is 2.42. The highest BCUT2D eigenvalue weighted by Crippen LogP contribution is 2.32. The monoisotopic (exact) mass is 279 g/mol. The lowest BCUT2D eigenvalue weighted by molar-refractivity contribution is 0.0943. The molecule has 1 amide bonds. The van der Waals surface area contributed by atoms with Crippen molar-refractivity contribution in [2.75, 3.05) is 0 Å². The summed E-state index contributed by atoms with van der Waals surface area (Å²) in [5.74, 6) is -0.0395. The molecule has 0 aromatic heterocycles. The lowest BCUT2D eigenvalue weighted by atomic mass is 9.99. The minimum atomic E-state index is -0.171. The predicted molar refractivity (Wildman–Crippen MR) is 85.7 cm³/mol. The van der Waals surface area contributed by atoms with Gasteiger partial charge in [-0.25, -0.2) is 0 Å². The minimum Gasteiger partial charge on any atom is -0.507 e. The average molecular weight is 279 g/mol. The topological polar surface area (TPSA) is 49.3 Å². The normalized spacial score (nSPS) is 11.2. The number of nitrogens with one attached hydrogen (secondary N) is 1. The summed E-state index contributed by atoms with van der Waals surface area (Å²) < 4.78 is 0. The number of phenolic OH excluding ortho intramolecular Hbond substituents is 1. The molecule has 3 nitrogen and oxygen atoms in total. The molecule has 0 unspecified atom stereocenters. The Labute approximate surface area is 123 Å². The molecule has 2 N–H and O–H groups in total. The van der Waals surface area contributed by atoms with Crippen molar-refractivity contribution < 1.29 is 9.90 Å². The average Bonchev–Trinajstić information content (AvgIpc) is 2.46. The predicted octanol–water partition coefficient (Wildman–Crippen LogP) is 3.84. The van der Waals surface area contributed by atoms with E-state index in [0.29, 0.717) is 5.56 Å². The minimum absolute atomic E-state index is 0.0582. The second-order valence-electron chi connectivity index (χ2n) is 5.51. The highest BCUT2D eigenvalue weighted by Gasteiger charge is 2.12. The Morgan fingerprint density at radius 2 is 1.76 bits per heavy atom. The Morgan fingerprint density at radius 1 is 1.00 bits per heavy atom. The maximum Gasteiger partial charge on any atom is 0.251 e. The number of fused-ring (bicyclic) bond motifs is 3. The summed E-state index contributed by atoms with van der Waals surface area (Å²) in [5, 5.41) is 16.8. The second-order valence-corrected chi connectivity index (χ2v) is 5.51. The van der Waals surface area contributed by atoms with Crippen LogP contribution in [0, 0.1) is 0 Å². The van der Waals surface area contributed by atoms with Crippen molar-refractivity contribution >= 4 is 27.5 Å². The van der Waals surface area contributed by atoms with Crippen molar-refractivity contribution in [3.63, 3.8) is 0 Å². The lowest BCUT2D eigenvalue weighted by Gasteiger charge is -2.11. The molecular formula is C18H17NO2. The fourth-order valence-corrected chi connectivity index (χ4v) is 2.57. The number of benzene rings is 3. The molecule has 3 aromatic rings. The van der Waals surface area contributed by atoms with Crippen LogP contribution in [0.25, 0.3) is 21.5 Å². The number of phenols is 1. The number of aromatic hydroxyl groups is 1. The van der Waals surface area contributed by atoms with Gasteiger partial charge in [0.2, 0.25) is 0 Å². The summed E-state index contributed by atoms with van der Waals surface area (Å²) in [7, 11) is 0. The van der Waals surface area contributed by atoms with E-state index in [1.54, 1.807) is 0 Å². The van der Waals surface area contributed by atoms with E-state index in [1.165, 1.54) is 6.07 Å². The van der Waals surface area contributed by atoms with Gasteiger partial charge in [-0.3, -0.25) is 4.79 Å². The second kappa shape index (κ2) is 5.09. The molecule has 3 aromatic carbocycles. The Hall–Kier alpha value is -2.55. The molecule has 3 heteroatoms. The van der Waals surface area contributed by atoms with Crippen LogP contribution in [0.1, 0.15) is 24.2 Å². The number of carbonyl (C=O) groups excluding carboxylic acids is 1. The molecule has 0 radical (unpaired) electrons. The van der Waals surface area contributed by atoms with Gasteiger partial charge in [0.1, 0.15) is 5.75 Å². The highest BCUT2D eigenvalue weighted by atomic mass is 16.3. The van der Waals surface area contributed by atoms with E-state index in [4.69, 9.17) is 0 Å². The van der Waals surface area contributed by atoms with Gasteiger partial charge in [0.25, 0.3) is 5.91 Å². The Balaban J connectivity index is 2.26. The van der Waals surface area contributed by atoms with Gasteiger partial charge in [0.15, 0.2) is 0 Å². The number of hydrogen-bond acceptors (Lipinski definition) is 2. The summed E-state index contributed by atoms with van der Waals surface area (Å²) in [6, 6.07) is 15.2. The van der Waals surface area contributed by atoms with Crippen molar-refractivity contribution in [2.24, 2.45) is 0 Å². The summed E-state index contributed by atoms with van der Waals surface area (Å²) in [5.41, 5.74) is 0.477. The van der Waals surface area contributed by atoms with Crippen molar-refractivity contribution in [3.8, 4) is 5.75 Å². The molecule has 0 aliphatic rings. The van der Waals surface area contributed by atoms with Gasteiger partial charge in [-0.1, -0.05) is 36.4 Å². The molecular weight excluding hydrogens is 262 g/mol. The van der Waals surface area contributed by atoms with E-state index in [2.05, 4.69) is 5.32 Å². The van der Waals surface area contributed by atoms with E-state index >= 15 is 0 Å². The summed E-state index contributed by atoms with van der Waals surface area (Å²) >= 11 is 0. The Bertz CT molecular complexity index is 837. The van der Waals surface area contributed by atoms with Gasteiger partial charge in [-0.15, -0.1) is 0 Å².